The molecule has 16 heavy (non-hydrogen) atoms. The number of hydrogen-bond donors (Lipinski definition) is 0. The van der Waals surface area contributed by atoms with E-state index in [2.05, 4.69) is 38.5 Å². The molecule has 2 radical (unpaired) electrons. The van der Waals surface area contributed by atoms with Crippen molar-refractivity contribution >= 4 is 12.7 Å². The lowest BCUT2D eigenvalue weighted by Gasteiger charge is -2.15. The zero-order valence-electron chi connectivity index (χ0n) is 9.28. The van der Waals surface area contributed by atoms with Crippen LogP contribution < -0.4 is 5.46 Å². The van der Waals surface area contributed by atoms with E-state index in [1.54, 1.807) is 12.1 Å². The predicted molar refractivity (Wildman–Crippen MR) is 66.7 cm³/mol. The molecule has 0 saturated carbocycles. The summed E-state index contributed by atoms with van der Waals surface area (Å²) in [5, 5.41) is 0. The highest BCUT2D eigenvalue weighted by molar-refractivity contribution is 6.52. The van der Waals surface area contributed by atoms with E-state index in [0.29, 0.717) is 0 Å². The van der Waals surface area contributed by atoms with Crippen molar-refractivity contribution in [3.63, 3.8) is 0 Å². The lowest BCUT2D eigenvalue weighted by Crippen LogP contribution is -2.16. The van der Waals surface area contributed by atoms with Gasteiger partial charge in [0, 0.05) is 0 Å². The van der Waals surface area contributed by atoms with E-state index in [0.717, 1.165) is 11.8 Å². The van der Waals surface area contributed by atoms with Crippen LogP contribution in [-0.2, 0) is 6.32 Å². The second-order valence-corrected chi connectivity index (χ2v) is 3.95. The van der Waals surface area contributed by atoms with Crippen LogP contribution in [0.15, 0.2) is 48.5 Å². The van der Waals surface area contributed by atoms with Crippen LogP contribution >= 0.6 is 0 Å². The third-order valence-corrected chi connectivity index (χ3v) is 2.56. The molecule has 2 aromatic carbocycles. The molecule has 2 heteroatoms. The van der Waals surface area contributed by atoms with Crippen LogP contribution in [0.4, 0.5) is 4.39 Å². The predicted octanol–water partition coefficient (Wildman–Crippen LogP) is 2.66. The fourth-order valence-corrected chi connectivity index (χ4v) is 1.56. The Morgan fingerprint density at radius 1 is 0.938 bits per heavy atom. The Bertz CT molecular complexity index is 400. The van der Waals surface area contributed by atoms with Gasteiger partial charge in [-0.2, -0.15) is 0 Å². The Morgan fingerprint density at radius 3 is 2.19 bits per heavy atom. The lowest BCUT2D eigenvalue weighted by molar-refractivity contribution is 0.628. The fourth-order valence-electron chi connectivity index (χ4n) is 1.56. The topological polar surface area (TPSA) is 0 Å². The highest BCUT2D eigenvalue weighted by atomic mass is 19.1. The smallest absolute Gasteiger partial charge is 0.122 e. The van der Waals surface area contributed by atoms with E-state index in [9.17, 15) is 4.39 Å². The molecule has 0 aliphatic carbocycles. The van der Waals surface area contributed by atoms with Gasteiger partial charge in [-0.15, -0.1) is 12.1 Å². The molecule has 0 bridgehead atoms. The van der Waals surface area contributed by atoms with Crippen LogP contribution in [0.2, 0.25) is 0 Å². The van der Waals surface area contributed by atoms with Gasteiger partial charge in [0.05, 0.1) is 0 Å². The van der Waals surface area contributed by atoms with Crippen molar-refractivity contribution in [1.29, 1.82) is 0 Å². The summed E-state index contributed by atoms with van der Waals surface area (Å²) in [5.41, 5.74) is 3.60. The van der Waals surface area contributed by atoms with Gasteiger partial charge in [0.2, 0.25) is 0 Å². The summed E-state index contributed by atoms with van der Waals surface area (Å²) in [6, 6.07) is 15.0. The van der Waals surface area contributed by atoms with Crippen LogP contribution in [0.3, 0.4) is 0 Å². The lowest BCUT2D eigenvalue weighted by atomic mass is 9.65. The Hall–Kier alpha value is -1.57. The molecule has 0 fully saturated rings. The van der Waals surface area contributed by atoms with Crippen LogP contribution in [0.25, 0.3) is 0 Å². The van der Waals surface area contributed by atoms with Crippen molar-refractivity contribution in [2.45, 2.75) is 13.2 Å². The normalized spacial score (nSPS) is 10.4. The molecule has 0 saturated heterocycles. The molecule has 2 rings (SSSR count). The first-order valence-electron chi connectivity index (χ1n) is 5.38. The summed E-state index contributed by atoms with van der Waals surface area (Å²) in [7, 11) is 2.10. The molecule has 0 heterocycles. The third-order valence-electron chi connectivity index (χ3n) is 2.56. The first kappa shape index (κ1) is 10.9. The maximum Gasteiger partial charge on any atom is 0.122 e. The van der Waals surface area contributed by atoms with E-state index < -0.39 is 0 Å². The van der Waals surface area contributed by atoms with E-state index in [4.69, 9.17) is 0 Å². The summed E-state index contributed by atoms with van der Waals surface area (Å²) >= 11 is 0. The Labute approximate surface area is 96.4 Å². The number of halogens is 1. The number of benzene rings is 2. The maximum atomic E-state index is 12.7. The van der Waals surface area contributed by atoms with Crippen molar-refractivity contribution in [2.75, 3.05) is 0 Å². The fraction of sp³-hybridized carbons (Fsp3) is 0.143. The van der Waals surface area contributed by atoms with Gasteiger partial charge < -0.3 is 0 Å². The Morgan fingerprint density at radius 2 is 1.56 bits per heavy atom. The summed E-state index contributed by atoms with van der Waals surface area (Å²) in [6.07, 6.45) is 0.881. The quantitative estimate of drug-likeness (QED) is 0.684. The van der Waals surface area contributed by atoms with Crippen LogP contribution in [0.1, 0.15) is 11.1 Å². The molecule has 0 amide bonds. The van der Waals surface area contributed by atoms with Crippen molar-refractivity contribution in [3.8, 4) is 0 Å². The van der Waals surface area contributed by atoms with Crippen molar-refractivity contribution < 1.29 is 4.39 Å². The number of hydrogen-bond acceptors (Lipinski definition) is 0. The molecular formula is C14H13BF-. The third kappa shape index (κ3) is 2.96. The van der Waals surface area contributed by atoms with Gasteiger partial charge >= 0.3 is 0 Å². The molecule has 0 N–H and O–H groups in total. The SMILES string of the molecule is Cc1ccc(C[B-]c2ccc(F)cc2)cc1. The van der Waals surface area contributed by atoms with Crippen LogP contribution in [0.5, 0.6) is 0 Å². The van der Waals surface area contributed by atoms with Gasteiger partial charge in [0.25, 0.3) is 0 Å². The second kappa shape index (κ2) is 4.97. The van der Waals surface area contributed by atoms with E-state index in [1.807, 2.05) is 0 Å². The minimum atomic E-state index is -0.188. The van der Waals surface area contributed by atoms with Gasteiger partial charge in [-0.05, 0) is 19.1 Å². The first-order chi connectivity index (χ1) is 7.74. The van der Waals surface area contributed by atoms with Crippen LogP contribution in [0, 0.1) is 12.7 Å². The zero-order chi connectivity index (χ0) is 11.4. The Balaban J connectivity index is 1.97. The summed E-state index contributed by atoms with van der Waals surface area (Å²) in [5.74, 6) is -0.188. The van der Waals surface area contributed by atoms with Gasteiger partial charge in [-0.1, -0.05) is 35.4 Å². The average Bonchev–Trinajstić information content (AvgIpc) is 2.30. The minimum absolute atomic E-state index is 0.188. The molecular weight excluding hydrogens is 198 g/mol. The summed E-state index contributed by atoms with van der Waals surface area (Å²) < 4.78 is 12.7. The molecule has 80 valence electrons. The van der Waals surface area contributed by atoms with Crippen molar-refractivity contribution in [3.05, 3.63) is 65.5 Å². The molecule has 0 aromatic heterocycles. The van der Waals surface area contributed by atoms with Crippen LogP contribution in [-0.4, -0.2) is 7.28 Å². The van der Waals surface area contributed by atoms with E-state index in [1.165, 1.54) is 23.3 Å². The maximum absolute atomic E-state index is 12.7. The zero-order valence-corrected chi connectivity index (χ0v) is 9.28. The van der Waals surface area contributed by atoms with E-state index >= 15 is 0 Å². The molecule has 0 nitrogen and oxygen atoms in total. The molecule has 0 unspecified atom stereocenters. The highest BCUT2D eigenvalue weighted by Gasteiger charge is 1.87. The molecule has 0 aliphatic rings. The number of aryl methyl sites for hydroxylation is 1. The number of rotatable bonds is 3. The van der Waals surface area contributed by atoms with Crippen molar-refractivity contribution in [2.24, 2.45) is 0 Å². The minimum Gasteiger partial charge on any atom is -0.291 e. The molecule has 0 atom stereocenters. The molecule has 0 spiro atoms. The second-order valence-electron chi connectivity index (χ2n) is 3.95. The average molecular weight is 211 g/mol. The summed E-state index contributed by atoms with van der Waals surface area (Å²) in [4.78, 5) is 0. The monoisotopic (exact) mass is 211 g/mol. The summed E-state index contributed by atoms with van der Waals surface area (Å²) in [6.45, 7) is 2.08. The van der Waals surface area contributed by atoms with Gasteiger partial charge in [0.1, 0.15) is 5.82 Å². The van der Waals surface area contributed by atoms with Gasteiger partial charge in [0.15, 0.2) is 0 Å². The van der Waals surface area contributed by atoms with Gasteiger partial charge in [-0.25, -0.2) is 10.7 Å². The van der Waals surface area contributed by atoms with E-state index in [-0.39, 0.29) is 5.82 Å². The molecule has 0 aliphatic heterocycles. The molecule has 2 aromatic rings. The van der Waals surface area contributed by atoms with Crippen molar-refractivity contribution in [1.82, 2.24) is 0 Å². The standard InChI is InChI=1S/C14H13BF/c1-11-2-4-12(5-3-11)10-15-13-6-8-14(16)9-7-13/h2-9H,10H2,1H3/q-1. The van der Waals surface area contributed by atoms with Gasteiger partial charge in [-0.3, -0.25) is 12.7 Å². The highest BCUT2D eigenvalue weighted by Crippen LogP contribution is 2.03. The Kier molecular flexibility index (Phi) is 3.40. The first-order valence-corrected chi connectivity index (χ1v) is 5.38. The largest absolute Gasteiger partial charge is 0.291 e.